The van der Waals surface area contributed by atoms with Gasteiger partial charge in [0.05, 0.1) is 6.04 Å². The number of aliphatic hydroxyl groups is 1. The Morgan fingerprint density at radius 2 is 2.00 bits per heavy atom. The topological polar surface area (TPSA) is 78.4 Å². The quantitative estimate of drug-likeness (QED) is 0.748. The van der Waals surface area contributed by atoms with Gasteiger partial charge in [-0.3, -0.25) is 9.59 Å². The van der Waals surface area contributed by atoms with Gasteiger partial charge in [0.2, 0.25) is 0 Å². The van der Waals surface area contributed by atoms with Crippen molar-refractivity contribution >= 4 is 29.1 Å². The monoisotopic (exact) mass is 308 g/mol. The second-order valence-electron chi connectivity index (χ2n) is 5.38. The fraction of sp³-hybridized carbons (Fsp3) is 0.333. The lowest BCUT2D eigenvalue weighted by Crippen LogP contribution is -2.31. The van der Waals surface area contributed by atoms with E-state index >= 15 is 0 Å². The molecule has 21 heavy (non-hydrogen) atoms. The highest BCUT2D eigenvalue weighted by Crippen LogP contribution is 2.22. The molecule has 0 saturated heterocycles. The van der Waals surface area contributed by atoms with Crippen LogP contribution in [0.15, 0.2) is 35.6 Å². The van der Waals surface area contributed by atoms with Crippen LogP contribution >= 0.6 is 11.6 Å². The summed E-state index contributed by atoms with van der Waals surface area (Å²) in [6.07, 6.45) is 0.579. The molecule has 1 aromatic rings. The van der Waals surface area contributed by atoms with Gasteiger partial charge in [-0.05, 0) is 36.6 Å². The maximum Gasteiger partial charge on any atom is 0.264 e. The Hall–Kier alpha value is -2.01. The van der Waals surface area contributed by atoms with E-state index in [2.05, 4.69) is 10.6 Å². The molecule has 112 valence electrons. The van der Waals surface area contributed by atoms with E-state index in [0.717, 1.165) is 0 Å². The lowest BCUT2D eigenvalue weighted by Gasteiger charge is -2.12. The summed E-state index contributed by atoms with van der Waals surface area (Å²) >= 11 is 5.76. The first kappa shape index (κ1) is 15.4. The number of anilines is 1. The summed E-state index contributed by atoms with van der Waals surface area (Å²) in [6.45, 7) is 3.95. The van der Waals surface area contributed by atoms with Crippen LogP contribution in [0, 0.1) is 5.92 Å². The maximum atomic E-state index is 12.1. The number of halogens is 1. The average molecular weight is 309 g/mol. The molecule has 0 spiro atoms. The molecular formula is C15H17ClN2O3. The Morgan fingerprint density at radius 1 is 1.38 bits per heavy atom. The standard InChI is InChI=1S/C15H17ClN2O3/c1-8(2)7-11-13(19)12(15(21)18-11)14(20)17-10-5-3-9(16)4-6-10/h3-6,8,11,19H,7H2,1-2H3,(H,17,20)(H,18,21). The van der Waals surface area contributed by atoms with Crippen molar-refractivity contribution in [1.82, 2.24) is 5.32 Å². The first-order valence-corrected chi connectivity index (χ1v) is 7.07. The molecule has 0 fully saturated rings. The number of aliphatic hydroxyl groups excluding tert-OH is 1. The molecular weight excluding hydrogens is 292 g/mol. The molecule has 1 aromatic carbocycles. The average Bonchev–Trinajstić information content (AvgIpc) is 2.66. The van der Waals surface area contributed by atoms with Gasteiger partial charge >= 0.3 is 0 Å². The van der Waals surface area contributed by atoms with E-state index < -0.39 is 17.9 Å². The molecule has 3 N–H and O–H groups in total. The molecule has 5 nitrogen and oxygen atoms in total. The fourth-order valence-corrected chi connectivity index (χ4v) is 2.30. The molecule has 0 saturated carbocycles. The zero-order valence-electron chi connectivity index (χ0n) is 11.8. The van der Waals surface area contributed by atoms with Crippen molar-refractivity contribution in [2.45, 2.75) is 26.3 Å². The molecule has 1 aliphatic rings. The number of benzene rings is 1. The van der Waals surface area contributed by atoms with Crippen molar-refractivity contribution < 1.29 is 14.7 Å². The van der Waals surface area contributed by atoms with Crippen LogP contribution in [0.2, 0.25) is 5.02 Å². The number of hydrogen-bond acceptors (Lipinski definition) is 3. The first-order chi connectivity index (χ1) is 9.88. The summed E-state index contributed by atoms with van der Waals surface area (Å²) in [4.78, 5) is 24.0. The summed E-state index contributed by atoms with van der Waals surface area (Å²) < 4.78 is 0. The molecule has 1 atom stereocenters. The number of carbonyl (C=O) groups excluding carboxylic acids is 2. The highest BCUT2D eigenvalue weighted by Gasteiger charge is 2.36. The van der Waals surface area contributed by atoms with Gasteiger partial charge in [0.1, 0.15) is 11.3 Å². The van der Waals surface area contributed by atoms with Gasteiger partial charge in [0, 0.05) is 10.7 Å². The smallest absolute Gasteiger partial charge is 0.264 e. The zero-order valence-corrected chi connectivity index (χ0v) is 12.6. The van der Waals surface area contributed by atoms with Crippen LogP contribution in [-0.2, 0) is 9.59 Å². The second kappa shape index (κ2) is 6.18. The predicted octanol–water partition coefficient (Wildman–Crippen LogP) is 2.64. The molecule has 1 aliphatic heterocycles. The summed E-state index contributed by atoms with van der Waals surface area (Å²) in [6, 6.07) is 6.00. The molecule has 0 aliphatic carbocycles. The third kappa shape index (κ3) is 3.55. The van der Waals surface area contributed by atoms with Gasteiger partial charge in [0.15, 0.2) is 0 Å². The fourth-order valence-electron chi connectivity index (χ4n) is 2.18. The van der Waals surface area contributed by atoms with Crippen LogP contribution < -0.4 is 10.6 Å². The van der Waals surface area contributed by atoms with Crippen LogP contribution in [0.25, 0.3) is 0 Å². The normalized spacial score (nSPS) is 18.1. The van der Waals surface area contributed by atoms with E-state index in [9.17, 15) is 14.7 Å². The lowest BCUT2D eigenvalue weighted by molar-refractivity contribution is -0.120. The van der Waals surface area contributed by atoms with Crippen LogP contribution in [0.4, 0.5) is 5.69 Å². The molecule has 0 aromatic heterocycles. The highest BCUT2D eigenvalue weighted by molar-refractivity contribution is 6.30. The number of nitrogens with one attached hydrogen (secondary N) is 2. The molecule has 0 radical (unpaired) electrons. The van der Waals surface area contributed by atoms with Crippen molar-refractivity contribution in [2.24, 2.45) is 5.92 Å². The van der Waals surface area contributed by atoms with Gasteiger partial charge in [-0.25, -0.2) is 0 Å². The van der Waals surface area contributed by atoms with E-state index in [1.807, 2.05) is 13.8 Å². The Bertz CT molecular complexity index is 593. The molecule has 1 heterocycles. The maximum absolute atomic E-state index is 12.1. The molecule has 1 unspecified atom stereocenters. The minimum atomic E-state index is -0.626. The molecule has 0 bridgehead atoms. The number of carbonyl (C=O) groups is 2. The van der Waals surface area contributed by atoms with Crippen molar-refractivity contribution in [3.8, 4) is 0 Å². The third-order valence-corrected chi connectivity index (χ3v) is 3.41. The first-order valence-electron chi connectivity index (χ1n) is 6.69. The second-order valence-corrected chi connectivity index (χ2v) is 5.81. The minimum absolute atomic E-state index is 0.194. The Labute approximate surface area is 128 Å². The van der Waals surface area contributed by atoms with Gasteiger partial charge < -0.3 is 15.7 Å². The Kier molecular flexibility index (Phi) is 4.53. The van der Waals surface area contributed by atoms with Crippen molar-refractivity contribution in [3.63, 3.8) is 0 Å². The molecule has 6 heteroatoms. The summed E-state index contributed by atoms with van der Waals surface area (Å²) in [5.41, 5.74) is 0.278. The number of hydrogen-bond donors (Lipinski definition) is 3. The van der Waals surface area contributed by atoms with Crippen molar-refractivity contribution in [3.05, 3.63) is 40.6 Å². The summed E-state index contributed by atoms with van der Waals surface area (Å²) in [7, 11) is 0. The molecule has 2 amide bonds. The zero-order chi connectivity index (χ0) is 15.6. The van der Waals surface area contributed by atoms with Gasteiger partial charge in [-0.1, -0.05) is 25.4 Å². The largest absolute Gasteiger partial charge is 0.509 e. The number of rotatable bonds is 4. The van der Waals surface area contributed by atoms with Crippen LogP contribution in [0.1, 0.15) is 20.3 Å². The van der Waals surface area contributed by atoms with Gasteiger partial charge in [-0.15, -0.1) is 0 Å². The van der Waals surface area contributed by atoms with Crippen LogP contribution in [-0.4, -0.2) is 23.0 Å². The van der Waals surface area contributed by atoms with Crippen LogP contribution in [0.5, 0.6) is 0 Å². The number of amides is 2. The van der Waals surface area contributed by atoms with Crippen LogP contribution in [0.3, 0.4) is 0 Å². The lowest BCUT2D eigenvalue weighted by atomic mass is 10.0. The van der Waals surface area contributed by atoms with E-state index in [0.29, 0.717) is 17.1 Å². The molecule has 2 rings (SSSR count). The summed E-state index contributed by atoms with van der Waals surface area (Å²) in [5.74, 6) is -1.08. The van der Waals surface area contributed by atoms with Gasteiger partial charge in [-0.2, -0.15) is 0 Å². The minimum Gasteiger partial charge on any atom is -0.509 e. The van der Waals surface area contributed by atoms with Crippen molar-refractivity contribution in [1.29, 1.82) is 0 Å². The Balaban J connectivity index is 2.15. The highest BCUT2D eigenvalue weighted by atomic mass is 35.5. The predicted molar refractivity (Wildman–Crippen MR) is 81.1 cm³/mol. The SMILES string of the molecule is CC(C)CC1NC(=O)C(C(=O)Nc2ccc(Cl)cc2)=C1O. The van der Waals surface area contributed by atoms with E-state index in [1.165, 1.54) is 0 Å². The van der Waals surface area contributed by atoms with E-state index in [-0.39, 0.29) is 17.3 Å². The van der Waals surface area contributed by atoms with Gasteiger partial charge in [0.25, 0.3) is 11.8 Å². The third-order valence-electron chi connectivity index (χ3n) is 3.15. The van der Waals surface area contributed by atoms with E-state index in [1.54, 1.807) is 24.3 Å². The van der Waals surface area contributed by atoms with Crippen molar-refractivity contribution in [2.75, 3.05) is 5.32 Å². The Morgan fingerprint density at radius 3 is 2.57 bits per heavy atom. The van der Waals surface area contributed by atoms with E-state index in [4.69, 9.17) is 11.6 Å². The summed E-state index contributed by atoms with van der Waals surface area (Å²) in [5, 5.41) is 15.8.